The maximum Gasteiger partial charge on any atom is 0.258 e. The normalized spacial score (nSPS) is 13.0. The lowest BCUT2D eigenvalue weighted by Crippen LogP contribution is -2.18. The van der Waals surface area contributed by atoms with Crippen LogP contribution in [0, 0.1) is 6.92 Å². The van der Waals surface area contributed by atoms with Gasteiger partial charge in [-0.1, -0.05) is 23.5 Å². The van der Waals surface area contributed by atoms with Gasteiger partial charge in [0.05, 0.1) is 26.4 Å². The Balaban J connectivity index is 1.52. The molecule has 4 aromatic rings. The number of carbonyl (C=O) groups excluding carboxylic acids is 1. The second kappa shape index (κ2) is 7.06. The fraction of sp³-hybridized carbons (Fsp3) is 0.150. The van der Waals surface area contributed by atoms with Crippen LogP contribution in [0.2, 0.25) is 0 Å². The van der Waals surface area contributed by atoms with Gasteiger partial charge >= 0.3 is 0 Å². The third-order valence-electron chi connectivity index (χ3n) is 4.66. The van der Waals surface area contributed by atoms with Gasteiger partial charge in [-0.05, 0) is 19.1 Å². The maximum absolute atomic E-state index is 12.9. The highest BCUT2D eigenvalue weighted by molar-refractivity contribution is 7.90. The van der Waals surface area contributed by atoms with Crippen LogP contribution in [0.5, 0.6) is 11.5 Å². The Labute approximate surface area is 181 Å². The average molecular weight is 457 g/mol. The molecular formula is C20H16N4O5S2. The lowest BCUT2D eigenvalue weighted by molar-refractivity contribution is 0.102. The van der Waals surface area contributed by atoms with Gasteiger partial charge in [0, 0.05) is 24.5 Å². The Morgan fingerprint density at radius 3 is 2.68 bits per heavy atom. The summed E-state index contributed by atoms with van der Waals surface area (Å²) >= 11 is 1.38. The largest absolute Gasteiger partial charge is 0.454 e. The van der Waals surface area contributed by atoms with Gasteiger partial charge in [-0.2, -0.15) is 9.78 Å². The van der Waals surface area contributed by atoms with Crippen LogP contribution in [0.15, 0.2) is 47.4 Å². The lowest BCUT2D eigenvalue weighted by atomic mass is 10.2. The maximum atomic E-state index is 12.9. The molecule has 0 unspecified atom stereocenters. The van der Waals surface area contributed by atoms with Crippen LogP contribution >= 0.6 is 11.3 Å². The highest BCUT2D eigenvalue weighted by Crippen LogP contribution is 2.39. The Morgan fingerprint density at radius 1 is 1.16 bits per heavy atom. The van der Waals surface area contributed by atoms with Crippen LogP contribution in [0.25, 0.3) is 15.3 Å². The van der Waals surface area contributed by atoms with Gasteiger partial charge in [0.2, 0.25) is 11.9 Å². The first kappa shape index (κ1) is 19.5. The first-order valence-electron chi connectivity index (χ1n) is 9.17. The molecule has 11 heteroatoms. The van der Waals surface area contributed by atoms with Crippen molar-refractivity contribution in [1.29, 1.82) is 0 Å². The van der Waals surface area contributed by atoms with Crippen molar-refractivity contribution in [2.45, 2.75) is 11.8 Å². The molecule has 1 N–H and O–H groups in total. The molecule has 0 aliphatic carbocycles. The van der Waals surface area contributed by atoms with Gasteiger partial charge in [-0.15, -0.1) is 0 Å². The van der Waals surface area contributed by atoms with E-state index in [2.05, 4.69) is 15.4 Å². The quantitative estimate of drug-likeness (QED) is 0.502. The second-order valence-corrected chi connectivity index (χ2v) is 9.97. The molecule has 0 saturated heterocycles. The molecule has 0 radical (unpaired) electrons. The number of hydrogen-bond acceptors (Lipinski definition) is 8. The Morgan fingerprint density at radius 2 is 1.90 bits per heavy atom. The standard InChI is InChI=1S/C20H16N4O5S2/c1-11-7-18(22-19(25)12-5-3-4-6-17(12)31(2,26)27)24(23-11)20-21-13-8-14-15(29-10-28-14)9-16(13)30-20/h3-9H,10H2,1-2H3,(H,22,25). The van der Waals surface area contributed by atoms with Gasteiger partial charge in [0.25, 0.3) is 5.91 Å². The van der Waals surface area contributed by atoms with E-state index in [-0.39, 0.29) is 17.3 Å². The summed E-state index contributed by atoms with van der Waals surface area (Å²) in [6.45, 7) is 1.98. The fourth-order valence-electron chi connectivity index (χ4n) is 3.29. The first-order chi connectivity index (χ1) is 14.8. The molecule has 1 amide bonds. The zero-order valence-corrected chi connectivity index (χ0v) is 18.1. The van der Waals surface area contributed by atoms with E-state index in [1.165, 1.54) is 28.2 Å². The van der Waals surface area contributed by atoms with Crippen molar-refractivity contribution in [2.24, 2.45) is 0 Å². The molecule has 0 fully saturated rings. The van der Waals surface area contributed by atoms with Crippen LogP contribution in [0.1, 0.15) is 16.1 Å². The molecule has 5 rings (SSSR count). The molecular weight excluding hydrogens is 440 g/mol. The molecule has 1 aliphatic heterocycles. The molecule has 158 valence electrons. The number of rotatable bonds is 4. The van der Waals surface area contributed by atoms with Crippen LogP contribution < -0.4 is 14.8 Å². The summed E-state index contributed by atoms with van der Waals surface area (Å²) in [6.07, 6.45) is 1.07. The number of amides is 1. The molecule has 0 saturated carbocycles. The lowest BCUT2D eigenvalue weighted by Gasteiger charge is -2.09. The van der Waals surface area contributed by atoms with E-state index in [9.17, 15) is 13.2 Å². The number of thiazole rings is 1. The summed E-state index contributed by atoms with van der Waals surface area (Å²) in [4.78, 5) is 17.5. The topological polar surface area (TPSA) is 112 Å². The van der Waals surface area contributed by atoms with Crippen LogP contribution in [-0.2, 0) is 9.84 Å². The molecule has 0 spiro atoms. The Bertz CT molecular complexity index is 1410. The van der Waals surface area contributed by atoms with Crippen molar-refractivity contribution in [3.63, 3.8) is 0 Å². The summed E-state index contributed by atoms with van der Waals surface area (Å²) in [7, 11) is -3.57. The van der Waals surface area contributed by atoms with Crippen molar-refractivity contribution in [3.8, 4) is 16.6 Å². The molecule has 0 atom stereocenters. The number of anilines is 1. The van der Waals surface area contributed by atoms with Crippen LogP contribution in [0.4, 0.5) is 5.82 Å². The number of hydrogen-bond donors (Lipinski definition) is 1. The zero-order chi connectivity index (χ0) is 21.8. The van der Waals surface area contributed by atoms with Gasteiger partial charge in [-0.25, -0.2) is 13.4 Å². The van der Waals surface area contributed by atoms with E-state index in [1.807, 2.05) is 6.07 Å². The minimum absolute atomic E-state index is 0.0372. The van der Waals surface area contributed by atoms with Crippen molar-refractivity contribution in [1.82, 2.24) is 14.8 Å². The molecule has 3 heterocycles. The minimum atomic E-state index is -3.57. The molecule has 1 aliphatic rings. The summed E-state index contributed by atoms with van der Waals surface area (Å²) in [5.74, 6) is 1.12. The number of aryl methyl sites for hydroxylation is 1. The number of sulfone groups is 1. The molecule has 9 nitrogen and oxygen atoms in total. The number of nitrogens with zero attached hydrogens (tertiary/aromatic N) is 3. The number of ether oxygens (including phenoxy) is 2. The smallest absolute Gasteiger partial charge is 0.258 e. The molecule has 31 heavy (non-hydrogen) atoms. The van der Waals surface area contributed by atoms with Gasteiger partial charge < -0.3 is 14.8 Å². The summed E-state index contributed by atoms with van der Waals surface area (Å²) < 4.78 is 37.3. The number of carbonyl (C=O) groups is 1. The van der Waals surface area contributed by atoms with Crippen molar-refractivity contribution < 1.29 is 22.7 Å². The molecule has 2 aromatic heterocycles. The first-order valence-corrected chi connectivity index (χ1v) is 11.9. The Hall–Kier alpha value is -3.44. The highest BCUT2D eigenvalue weighted by atomic mass is 32.2. The van der Waals surface area contributed by atoms with Crippen molar-refractivity contribution in [2.75, 3.05) is 18.4 Å². The van der Waals surface area contributed by atoms with Crippen LogP contribution in [-0.4, -0.2) is 42.1 Å². The number of aromatic nitrogens is 3. The van der Waals surface area contributed by atoms with E-state index in [0.717, 1.165) is 16.5 Å². The van der Waals surface area contributed by atoms with Gasteiger partial charge in [0.15, 0.2) is 21.3 Å². The van der Waals surface area contributed by atoms with Crippen molar-refractivity contribution >= 4 is 43.1 Å². The van der Waals surface area contributed by atoms with Gasteiger partial charge in [-0.3, -0.25) is 4.79 Å². The number of fused-ring (bicyclic) bond motifs is 2. The Kier molecular flexibility index (Phi) is 4.45. The predicted molar refractivity (Wildman–Crippen MR) is 115 cm³/mol. The van der Waals surface area contributed by atoms with Crippen LogP contribution in [0.3, 0.4) is 0 Å². The van der Waals surface area contributed by atoms with Crippen molar-refractivity contribution in [3.05, 3.63) is 53.7 Å². The summed E-state index contributed by atoms with van der Waals surface area (Å²) in [5.41, 5.74) is 1.45. The third-order valence-corrected chi connectivity index (χ3v) is 6.81. The van der Waals surface area contributed by atoms with E-state index >= 15 is 0 Å². The monoisotopic (exact) mass is 456 g/mol. The highest BCUT2D eigenvalue weighted by Gasteiger charge is 2.22. The zero-order valence-electron chi connectivity index (χ0n) is 16.4. The van der Waals surface area contributed by atoms with E-state index in [4.69, 9.17) is 9.47 Å². The minimum Gasteiger partial charge on any atom is -0.454 e. The second-order valence-electron chi connectivity index (χ2n) is 6.97. The predicted octanol–water partition coefficient (Wildman–Crippen LogP) is 3.17. The van der Waals surface area contributed by atoms with E-state index in [1.54, 1.807) is 31.2 Å². The molecule has 0 bridgehead atoms. The SMILES string of the molecule is Cc1cc(NC(=O)c2ccccc2S(C)(=O)=O)n(-c2nc3cc4c(cc3s2)OCO4)n1. The van der Waals surface area contributed by atoms with E-state index < -0.39 is 15.7 Å². The summed E-state index contributed by atoms with van der Waals surface area (Å²) in [5, 5.41) is 7.74. The van der Waals surface area contributed by atoms with E-state index in [0.29, 0.717) is 28.1 Å². The third kappa shape index (κ3) is 3.51. The summed E-state index contributed by atoms with van der Waals surface area (Å²) in [6, 6.07) is 11.4. The number of nitrogens with one attached hydrogen (secondary N) is 1. The van der Waals surface area contributed by atoms with Gasteiger partial charge in [0.1, 0.15) is 5.82 Å². The number of benzene rings is 2. The average Bonchev–Trinajstić information content (AvgIpc) is 3.42. The fourth-order valence-corrected chi connectivity index (χ4v) is 5.12. The molecule has 2 aromatic carbocycles.